The number of carbonyl (C=O) groups is 1. The zero-order valence-electron chi connectivity index (χ0n) is 19.0. The van der Waals surface area contributed by atoms with Crippen molar-refractivity contribution in [3.05, 3.63) is 47.3 Å². The fourth-order valence-electron chi connectivity index (χ4n) is 7.06. The molecule has 8 nitrogen and oxygen atoms in total. The molecule has 6 rings (SSSR count). The summed E-state index contributed by atoms with van der Waals surface area (Å²) >= 11 is 0. The van der Waals surface area contributed by atoms with Crippen molar-refractivity contribution >= 4 is 5.91 Å². The van der Waals surface area contributed by atoms with Gasteiger partial charge in [-0.2, -0.15) is 0 Å². The Labute approximate surface area is 194 Å². The van der Waals surface area contributed by atoms with E-state index in [0.717, 1.165) is 44.2 Å². The molecule has 3 unspecified atom stereocenters. The molecule has 1 aliphatic carbocycles. The highest BCUT2D eigenvalue weighted by Gasteiger charge is 2.49. The molecule has 0 radical (unpaired) electrons. The summed E-state index contributed by atoms with van der Waals surface area (Å²) in [6, 6.07) is 9.24. The van der Waals surface area contributed by atoms with Gasteiger partial charge < -0.3 is 15.2 Å². The first kappa shape index (κ1) is 21.3. The van der Waals surface area contributed by atoms with Crippen LogP contribution < -0.4 is 5.73 Å². The molecule has 176 valence electrons. The predicted octanol–water partition coefficient (Wildman–Crippen LogP) is 3.29. The maximum atomic E-state index is 11.7. The topological polar surface area (TPSA) is 106 Å². The van der Waals surface area contributed by atoms with Crippen LogP contribution in [0.3, 0.4) is 0 Å². The molecule has 4 heterocycles. The number of benzene rings is 1. The molecule has 1 spiro atoms. The van der Waals surface area contributed by atoms with Crippen molar-refractivity contribution in [3.8, 4) is 0 Å². The van der Waals surface area contributed by atoms with E-state index in [2.05, 4.69) is 26.4 Å². The Hall–Kier alpha value is -2.29. The Bertz CT molecular complexity index is 966. The molecule has 1 aromatic heterocycles. The number of ether oxygens (including phenoxy) is 2. The number of H-pyrrole nitrogens is 1. The number of primary amides is 1. The lowest BCUT2D eigenvalue weighted by molar-refractivity contribution is -0.186. The molecule has 33 heavy (non-hydrogen) atoms. The molecule has 1 aromatic carbocycles. The number of aromatic amines is 1. The molecule has 1 amide bonds. The average molecular weight is 452 g/mol. The van der Waals surface area contributed by atoms with E-state index in [1.807, 2.05) is 24.4 Å². The highest BCUT2D eigenvalue weighted by molar-refractivity contribution is 5.92. The van der Waals surface area contributed by atoms with E-state index in [1.165, 1.54) is 18.4 Å². The third-order valence-electron chi connectivity index (χ3n) is 8.54. The van der Waals surface area contributed by atoms with E-state index < -0.39 is 0 Å². The number of fused-ring (bicyclic) bond motifs is 2. The molecule has 4 fully saturated rings. The standard InChI is InChI=1S/C25H33N5O3/c26-24(31)18-3-1-2-17(12-18)19-13-20-4-5-21(14-19)30(20)23(22-15-27-29-28-22)16-6-8-25(9-7-16)32-10-11-33-25/h1-3,12,15-16,19-21,23H,4-11,13-14H2,(H2,26,31)(H,27,28,29). The minimum absolute atomic E-state index is 0.276. The summed E-state index contributed by atoms with van der Waals surface area (Å²) in [4.78, 5) is 14.5. The lowest BCUT2D eigenvalue weighted by atomic mass is 9.76. The number of aromatic nitrogens is 3. The van der Waals surface area contributed by atoms with Crippen LogP contribution >= 0.6 is 0 Å². The minimum atomic E-state index is -0.353. The maximum absolute atomic E-state index is 11.7. The third-order valence-corrected chi connectivity index (χ3v) is 8.54. The predicted molar refractivity (Wildman–Crippen MR) is 121 cm³/mol. The van der Waals surface area contributed by atoms with Gasteiger partial charge in [-0.25, -0.2) is 0 Å². The van der Waals surface area contributed by atoms with E-state index >= 15 is 0 Å². The second-order valence-corrected chi connectivity index (χ2v) is 10.3. The van der Waals surface area contributed by atoms with E-state index in [9.17, 15) is 4.79 Å². The fraction of sp³-hybridized carbons (Fsp3) is 0.640. The molecule has 2 bridgehead atoms. The van der Waals surface area contributed by atoms with Crippen molar-refractivity contribution in [2.45, 2.75) is 81.2 Å². The highest BCUT2D eigenvalue weighted by Crippen LogP contribution is 2.51. The Balaban J connectivity index is 1.23. The van der Waals surface area contributed by atoms with E-state index in [1.54, 1.807) is 0 Å². The van der Waals surface area contributed by atoms with Gasteiger partial charge >= 0.3 is 0 Å². The van der Waals surface area contributed by atoms with Crippen LogP contribution in [-0.2, 0) is 9.47 Å². The van der Waals surface area contributed by atoms with Crippen LogP contribution in [0.2, 0.25) is 0 Å². The van der Waals surface area contributed by atoms with Crippen molar-refractivity contribution < 1.29 is 14.3 Å². The maximum Gasteiger partial charge on any atom is 0.248 e. The number of nitrogens with one attached hydrogen (secondary N) is 1. The molecular weight excluding hydrogens is 418 g/mol. The summed E-state index contributed by atoms with van der Waals surface area (Å²) in [5.41, 5.74) is 8.46. The third kappa shape index (κ3) is 3.88. The number of nitrogens with two attached hydrogens (primary N) is 1. The van der Waals surface area contributed by atoms with Gasteiger partial charge in [0.05, 0.1) is 24.9 Å². The van der Waals surface area contributed by atoms with Crippen LogP contribution in [0.1, 0.15) is 84.9 Å². The largest absolute Gasteiger partial charge is 0.366 e. The quantitative estimate of drug-likeness (QED) is 0.723. The van der Waals surface area contributed by atoms with Crippen molar-refractivity contribution in [3.63, 3.8) is 0 Å². The molecule has 1 saturated carbocycles. The second kappa shape index (κ2) is 8.49. The summed E-state index contributed by atoms with van der Waals surface area (Å²) in [6.07, 6.45) is 10.7. The Morgan fingerprint density at radius 2 is 1.85 bits per heavy atom. The Kier molecular flexibility index (Phi) is 5.47. The van der Waals surface area contributed by atoms with Crippen molar-refractivity contribution in [1.82, 2.24) is 20.3 Å². The van der Waals surface area contributed by atoms with Gasteiger partial charge in [-0.15, -0.1) is 5.10 Å². The zero-order chi connectivity index (χ0) is 22.4. The molecule has 4 aliphatic rings. The van der Waals surface area contributed by atoms with Gasteiger partial charge in [0.1, 0.15) is 0 Å². The van der Waals surface area contributed by atoms with Crippen molar-refractivity contribution in [1.29, 1.82) is 0 Å². The summed E-state index contributed by atoms with van der Waals surface area (Å²) in [7, 11) is 0. The first-order chi connectivity index (χ1) is 16.1. The minimum Gasteiger partial charge on any atom is -0.366 e. The number of amides is 1. The van der Waals surface area contributed by atoms with Gasteiger partial charge in [-0.05, 0) is 68.1 Å². The zero-order valence-corrected chi connectivity index (χ0v) is 19.0. The normalized spacial score (nSPS) is 30.6. The number of nitrogens with zero attached hydrogens (tertiary/aromatic N) is 3. The average Bonchev–Trinajstić information content (AvgIpc) is 3.57. The second-order valence-electron chi connectivity index (χ2n) is 10.3. The van der Waals surface area contributed by atoms with Gasteiger partial charge in [0.25, 0.3) is 0 Å². The van der Waals surface area contributed by atoms with Crippen LogP contribution in [0.5, 0.6) is 0 Å². The molecule has 3 aliphatic heterocycles. The van der Waals surface area contributed by atoms with Gasteiger partial charge in [0.15, 0.2) is 5.79 Å². The Morgan fingerprint density at radius 3 is 2.48 bits per heavy atom. The van der Waals surface area contributed by atoms with E-state index in [4.69, 9.17) is 15.2 Å². The van der Waals surface area contributed by atoms with Crippen LogP contribution in [0, 0.1) is 5.92 Å². The number of rotatable bonds is 5. The van der Waals surface area contributed by atoms with Crippen LogP contribution in [0.15, 0.2) is 30.5 Å². The summed E-state index contributed by atoms with van der Waals surface area (Å²) < 4.78 is 12.0. The van der Waals surface area contributed by atoms with Gasteiger partial charge in [-0.1, -0.05) is 17.3 Å². The summed E-state index contributed by atoms with van der Waals surface area (Å²) in [5.74, 6) is 0.286. The molecular formula is C25H33N5O3. The van der Waals surface area contributed by atoms with E-state index in [0.29, 0.717) is 42.7 Å². The lowest BCUT2D eigenvalue weighted by Crippen LogP contribution is -2.48. The molecule has 3 N–H and O–H groups in total. The number of piperidine rings is 1. The Morgan fingerprint density at radius 1 is 1.12 bits per heavy atom. The number of hydrogen-bond donors (Lipinski definition) is 2. The fourth-order valence-corrected chi connectivity index (χ4v) is 7.06. The van der Waals surface area contributed by atoms with Gasteiger partial charge in [0, 0.05) is 36.7 Å². The van der Waals surface area contributed by atoms with Crippen molar-refractivity contribution in [2.24, 2.45) is 11.7 Å². The first-order valence-corrected chi connectivity index (χ1v) is 12.4. The molecule has 3 atom stereocenters. The lowest BCUT2D eigenvalue weighted by Gasteiger charge is -2.47. The number of hydrogen-bond acceptors (Lipinski definition) is 6. The van der Waals surface area contributed by atoms with Crippen LogP contribution in [0.4, 0.5) is 0 Å². The molecule has 3 saturated heterocycles. The highest BCUT2D eigenvalue weighted by atomic mass is 16.7. The van der Waals surface area contributed by atoms with Gasteiger partial charge in [0.2, 0.25) is 5.91 Å². The van der Waals surface area contributed by atoms with Crippen LogP contribution in [-0.4, -0.2) is 57.3 Å². The summed E-state index contributed by atoms with van der Waals surface area (Å²) in [6.45, 7) is 1.43. The van der Waals surface area contributed by atoms with E-state index in [-0.39, 0.29) is 17.7 Å². The molecule has 8 heteroatoms. The first-order valence-electron chi connectivity index (χ1n) is 12.4. The smallest absolute Gasteiger partial charge is 0.248 e. The van der Waals surface area contributed by atoms with Crippen LogP contribution in [0.25, 0.3) is 0 Å². The SMILES string of the molecule is NC(=O)c1cccc(C2CC3CCC(C2)N3C(c2c[nH]nn2)C2CCC3(CC2)OCCO3)c1. The summed E-state index contributed by atoms with van der Waals surface area (Å²) in [5, 5.41) is 11.5. The van der Waals surface area contributed by atoms with Gasteiger partial charge in [-0.3, -0.25) is 14.8 Å². The monoisotopic (exact) mass is 451 g/mol. The molecule has 2 aromatic rings. The number of carbonyl (C=O) groups excluding carboxylic acids is 1. The van der Waals surface area contributed by atoms with Crippen molar-refractivity contribution in [2.75, 3.05) is 13.2 Å².